The summed E-state index contributed by atoms with van der Waals surface area (Å²) in [6, 6.07) is 9.26. The number of carbonyl (C=O) groups is 1. The Morgan fingerprint density at radius 3 is 2.43 bits per heavy atom. The number of nitrogens with one attached hydrogen (secondary N) is 1. The number of nitro benzene ring substituents is 1. The van der Waals surface area contributed by atoms with Gasteiger partial charge in [0.25, 0.3) is 11.6 Å². The normalized spacial score (nSPS) is 10.2. The Morgan fingerprint density at radius 2 is 1.83 bits per heavy atom. The van der Waals surface area contributed by atoms with E-state index in [1.165, 1.54) is 12.1 Å². The molecule has 2 aromatic carbocycles. The molecule has 23 heavy (non-hydrogen) atoms. The first kappa shape index (κ1) is 17.1. The molecule has 0 aromatic heterocycles. The minimum Gasteiger partial charge on any atom is -0.481 e. The number of para-hydroxylation sites is 1. The second-order valence-corrected chi connectivity index (χ2v) is 5.41. The number of hydrogen-bond donors (Lipinski definition) is 1. The van der Waals surface area contributed by atoms with Crippen LogP contribution in [0, 0.1) is 17.0 Å². The zero-order valence-electron chi connectivity index (χ0n) is 12.0. The summed E-state index contributed by atoms with van der Waals surface area (Å²) in [6.07, 6.45) is 0. The van der Waals surface area contributed by atoms with E-state index >= 15 is 0 Å². The number of anilines is 1. The third kappa shape index (κ3) is 4.12. The molecule has 0 unspecified atom stereocenters. The minimum atomic E-state index is -0.509. The van der Waals surface area contributed by atoms with Gasteiger partial charge < -0.3 is 10.1 Å². The monoisotopic (exact) mass is 354 g/mol. The average molecular weight is 355 g/mol. The van der Waals surface area contributed by atoms with Gasteiger partial charge >= 0.3 is 0 Å². The lowest BCUT2D eigenvalue weighted by Crippen LogP contribution is -2.21. The Kier molecular flexibility index (Phi) is 5.41. The lowest BCUT2D eigenvalue weighted by atomic mass is 10.1. The topological polar surface area (TPSA) is 81.5 Å². The highest BCUT2D eigenvalue weighted by molar-refractivity contribution is 6.37. The molecule has 0 aliphatic heterocycles. The van der Waals surface area contributed by atoms with Crippen molar-refractivity contribution in [3.05, 3.63) is 62.1 Å². The van der Waals surface area contributed by atoms with Crippen molar-refractivity contribution in [3.63, 3.8) is 0 Å². The van der Waals surface area contributed by atoms with Crippen molar-refractivity contribution in [2.75, 3.05) is 11.9 Å². The average Bonchev–Trinajstić information content (AvgIpc) is 2.48. The highest BCUT2D eigenvalue weighted by Gasteiger charge is 2.15. The molecule has 0 saturated carbocycles. The van der Waals surface area contributed by atoms with Gasteiger partial charge in [-0.15, -0.1) is 0 Å². The highest BCUT2D eigenvalue weighted by Crippen LogP contribution is 2.32. The Hall–Kier alpha value is -2.31. The maximum absolute atomic E-state index is 11.9. The fourth-order valence-corrected chi connectivity index (χ4v) is 2.41. The van der Waals surface area contributed by atoms with Gasteiger partial charge in [0.05, 0.1) is 26.2 Å². The quantitative estimate of drug-likeness (QED) is 0.643. The molecule has 0 radical (unpaired) electrons. The van der Waals surface area contributed by atoms with E-state index in [1.54, 1.807) is 31.2 Å². The molecule has 0 bridgehead atoms. The van der Waals surface area contributed by atoms with Crippen molar-refractivity contribution in [1.82, 2.24) is 0 Å². The van der Waals surface area contributed by atoms with E-state index in [0.717, 1.165) is 0 Å². The van der Waals surface area contributed by atoms with Gasteiger partial charge in [0, 0.05) is 6.07 Å². The van der Waals surface area contributed by atoms with Gasteiger partial charge in [-0.2, -0.15) is 0 Å². The van der Waals surface area contributed by atoms with Crippen LogP contribution in [0.15, 0.2) is 36.4 Å². The summed E-state index contributed by atoms with van der Waals surface area (Å²) in [5, 5.41) is 14.0. The lowest BCUT2D eigenvalue weighted by Gasteiger charge is -2.11. The first-order chi connectivity index (χ1) is 10.9. The summed E-state index contributed by atoms with van der Waals surface area (Å²) < 4.78 is 5.31. The fraction of sp³-hybridized carbons (Fsp3) is 0.133. The van der Waals surface area contributed by atoms with Crippen LogP contribution in [0.4, 0.5) is 11.4 Å². The largest absolute Gasteiger partial charge is 0.481 e. The molecule has 2 aromatic rings. The molecule has 0 aliphatic carbocycles. The third-order valence-electron chi connectivity index (χ3n) is 3.04. The molecule has 1 N–H and O–H groups in total. The molecule has 0 fully saturated rings. The molecule has 0 saturated heterocycles. The number of hydrogen-bond acceptors (Lipinski definition) is 4. The maximum atomic E-state index is 11.9. The summed E-state index contributed by atoms with van der Waals surface area (Å²) in [7, 11) is 0. The number of halogens is 2. The molecule has 0 aliphatic rings. The standard InChI is InChI=1S/C15H12Cl2N2O4/c1-9-12(6-3-7-13(9)19(21)22)18-14(20)8-23-15-10(16)4-2-5-11(15)17/h2-7H,8H2,1H3,(H,18,20). The molecule has 0 spiro atoms. The van der Waals surface area contributed by atoms with Crippen LogP contribution in [0.1, 0.15) is 5.56 Å². The lowest BCUT2D eigenvalue weighted by molar-refractivity contribution is -0.385. The van der Waals surface area contributed by atoms with Crippen molar-refractivity contribution in [2.45, 2.75) is 6.92 Å². The van der Waals surface area contributed by atoms with E-state index < -0.39 is 10.8 Å². The number of nitro groups is 1. The Balaban J connectivity index is 2.06. The summed E-state index contributed by atoms with van der Waals surface area (Å²) in [5.74, 6) is -0.272. The van der Waals surface area contributed by atoms with E-state index in [9.17, 15) is 14.9 Å². The van der Waals surface area contributed by atoms with Crippen molar-refractivity contribution in [3.8, 4) is 5.75 Å². The van der Waals surface area contributed by atoms with E-state index in [2.05, 4.69) is 5.32 Å². The number of carbonyl (C=O) groups excluding carboxylic acids is 1. The minimum absolute atomic E-state index is 0.0714. The number of amides is 1. The molecule has 0 heterocycles. The molecule has 6 nitrogen and oxygen atoms in total. The Labute approximate surface area is 142 Å². The molecule has 8 heteroatoms. The van der Waals surface area contributed by atoms with Crippen LogP contribution in [0.3, 0.4) is 0 Å². The van der Waals surface area contributed by atoms with Crippen LogP contribution in [0.25, 0.3) is 0 Å². The fourth-order valence-electron chi connectivity index (χ4n) is 1.90. The summed E-state index contributed by atoms with van der Waals surface area (Å²) in [6.45, 7) is 1.23. The smallest absolute Gasteiger partial charge is 0.274 e. The van der Waals surface area contributed by atoms with E-state index in [1.807, 2.05) is 0 Å². The molecule has 1 amide bonds. The van der Waals surface area contributed by atoms with E-state index in [4.69, 9.17) is 27.9 Å². The van der Waals surface area contributed by atoms with Crippen LogP contribution in [0.5, 0.6) is 5.75 Å². The maximum Gasteiger partial charge on any atom is 0.274 e. The molecule has 120 valence electrons. The van der Waals surface area contributed by atoms with Crippen LogP contribution >= 0.6 is 23.2 Å². The molecule has 2 rings (SSSR count). The summed E-state index contributed by atoms with van der Waals surface area (Å²) >= 11 is 11.9. The second kappa shape index (κ2) is 7.30. The van der Waals surface area contributed by atoms with Gasteiger partial charge in [0.2, 0.25) is 0 Å². The summed E-state index contributed by atoms with van der Waals surface area (Å²) in [5.41, 5.74) is 0.637. The first-order valence-electron chi connectivity index (χ1n) is 6.51. The molecule has 0 atom stereocenters. The van der Waals surface area contributed by atoms with Crippen molar-refractivity contribution in [2.24, 2.45) is 0 Å². The SMILES string of the molecule is Cc1c(NC(=O)COc2c(Cl)cccc2Cl)cccc1[N+](=O)[O-]. The van der Waals surface area contributed by atoms with Gasteiger partial charge in [-0.25, -0.2) is 0 Å². The van der Waals surface area contributed by atoms with Gasteiger partial charge in [-0.05, 0) is 25.1 Å². The van der Waals surface area contributed by atoms with Crippen LogP contribution < -0.4 is 10.1 Å². The zero-order chi connectivity index (χ0) is 17.0. The van der Waals surface area contributed by atoms with Crippen LogP contribution in [-0.2, 0) is 4.79 Å². The molecular formula is C15H12Cl2N2O4. The Morgan fingerprint density at radius 1 is 1.22 bits per heavy atom. The first-order valence-corrected chi connectivity index (χ1v) is 7.26. The Bertz CT molecular complexity index is 745. The van der Waals surface area contributed by atoms with Crippen molar-refractivity contribution < 1.29 is 14.5 Å². The summed E-state index contributed by atoms with van der Waals surface area (Å²) in [4.78, 5) is 22.3. The third-order valence-corrected chi connectivity index (χ3v) is 3.64. The van der Waals surface area contributed by atoms with Gasteiger partial charge in [0.15, 0.2) is 12.4 Å². The van der Waals surface area contributed by atoms with Crippen LogP contribution in [0.2, 0.25) is 10.0 Å². The van der Waals surface area contributed by atoms with Gasteiger partial charge in [-0.1, -0.05) is 35.3 Å². The molecular weight excluding hydrogens is 343 g/mol. The zero-order valence-corrected chi connectivity index (χ0v) is 13.5. The van der Waals surface area contributed by atoms with Gasteiger partial charge in [0.1, 0.15) is 0 Å². The highest BCUT2D eigenvalue weighted by atomic mass is 35.5. The van der Waals surface area contributed by atoms with E-state index in [0.29, 0.717) is 11.3 Å². The number of rotatable bonds is 5. The van der Waals surface area contributed by atoms with Crippen LogP contribution in [-0.4, -0.2) is 17.4 Å². The van der Waals surface area contributed by atoms with Crippen molar-refractivity contribution >= 4 is 40.5 Å². The van der Waals surface area contributed by atoms with Crippen molar-refractivity contribution in [1.29, 1.82) is 0 Å². The predicted octanol–water partition coefficient (Wildman–Crippen LogP) is 4.23. The second-order valence-electron chi connectivity index (χ2n) is 4.59. The number of nitrogens with zero attached hydrogens (tertiary/aromatic N) is 1. The number of ether oxygens (including phenoxy) is 1. The van der Waals surface area contributed by atoms with Gasteiger partial charge in [-0.3, -0.25) is 14.9 Å². The van der Waals surface area contributed by atoms with E-state index in [-0.39, 0.29) is 28.1 Å². The number of benzene rings is 2. The predicted molar refractivity (Wildman–Crippen MR) is 88.4 cm³/mol.